The maximum atomic E-state index is 2.24. The van der Waals surface area contributed by atoms with E-state index < -0.39 is 0 Å². The van der Waals surface area contributed by atoms with Crippen LogP contribution in [0.15, 0.2) is 72.8 Å². The van der Waals surface area contributed by atoms with Crippen LogP contribution in [0, 0.1) is 0 Å². The van der Waals surface area contributed by atoms with Gasteiger partial charge >= 0.3 is 0 Å². The zero-order valence-corrected chi connectivity index (χ0v) is 12.4. The Kier molecular flexibility index (Phi) is 3.47. The molecule has 3 aromatic carbocycles. The first-order valence-corrected chi connectivity index (χ1v) is 7.32. The van der Waals surface area contributed by atoms with Crippen molar-refractivity contribution in [3.05, 3.63) is 72.8 Å². The Balaban J connectivity index is 0.00000121. The molecular formula is C18H13ClS. The molecule has 1 aromatic heterocycles. The van der Waals surface area contributed by atoms with Gasteiger partial charge in [-0.25, -0.2) is 0 Å². The highest BCUT2D eigenvalue weighted by atomic mass is 35.5. The van der Waals surface area contributed by atoms with Crippen LogP contribution in [0.1, 0.15) is 0 Å². The number of fused-ring (bicyclic) bond motifs is 3. The van der Waals surface area contributed by atoms with Crippen LogP contribution in [0.5, 0.6) is 0 Å². The zero-order chi connectivity index (χ0) is 12.7. The third-order valence-corrected chi connectivity index (χ3v) is 4.79. The molecule has 0 unspecified atom stereocenters. The van der Waals surface area contributed by atoms with E-state index in [9.17, 15) is 0 Å². The lowest BCUT2D eigenvalue weighted by Crippen LogP contribution is -3.00. The molecule has 0 atom stereocenters. The second-order valence-corrected chi connectivity index (χ2v) is 5.88. The van der Waals surface area contributed by atoms with E-state index in [1.54, 1.807) is 0 Å². The predicted molar refractivity (Wildman–Crippen MR) is 86.2 cm³/mol. The zero-order valence-electron chi connectivity index (χ0n) is 10.8. The fraction of sp³-hybridized carbons (Fsp3) is 0. The smallest absolute Gasteiger partial charge is 0.180 e. The summed E-state index contributed by atoms with van der Waals surface area (Å²) in [5, 5.41) is 2.80. The first kappa shape index (κ1) is 13.2. The summed E-state index contributed by atoms with van der Waals surface area (Å²) in [4.78, 5) is 0. The van der Waals surface area contributed by atoms with Crippen molar-refractivity contribution in [1.82, 2.24) is 0 Å². The van der Waals surface area contributed by atoms with Gasteiger partial charge in [0.15, 0.2) is 9.40 Å². The minimum absolute atomic E-state index is 0. The van der Waals surface area contributed by atoms with Crippen molar-refractivity contribution in [3.63, 3.8) is 0 Å². The van der Waals surface area contributed by atoms with Crippen LogP contribution in [0.25, 0.3) is 31.3 Å². The van der Waals surface area contributed by atoms with Gasteiger partial charge in [-0.15, -0.1) is 0 Å². The Morgan fingerprint density at radius 1 is 0.600 bits per heavy atom. The number of benzene rings is 3. The standard InChI is InChI=1S/C18H12S.ClH/c1-2-7-13(8-3-1)14-10-6-12-17-18(14)15-9-4-5-11-16(15)19-17;/h1-12H;1H. The van der Waals surface area contributed by atoms with Crippen LogP contribution in [-0.2, 0) is 0 Å². The Morgan fingerprint density at radius 3 is 2.15 bits per heavy atom. The van der Waals surface area contributed by atoms with E-state index in [1.807, 2.05) is 0 Å². The molecule has 0 radical (unpaired) electrons. The van der Waals surface area contributed by atoms with E-state index >= 15 is 0 Å². The molecule has 0 amide bonds. The van der Waals surface area contributed by atoms with Gasteiger partial charge in [0.1, 0.15) is 0 Å². The summed E-state index contributed by atoms with van der Waals surface area (Å²) in [6.45, 7) is 0. The number of hydrogen-bond acceptors (Lipinski definition) is 0. The Bertz CT molecular complexity index is 862. The minimum Gasteiger partial charge on any atom is -1.00 e. The molecule has 0 saturated heterocycles. The molecule has 1 heterocycles. The van der Waals surface area contributed by atoms with Gasteiger partial charge < -0.3 is 12.4 Å². The maximum Gasteiger partial charge on any atom is 0.180 e. The number of halogens is 1. The van der Waals surface area contributed by atoms with Crippen molar-refractivity contribution < 1.29 is 12.4 Å². The van der Waals surface area contributed by atoms with Crippen LogP contribution in [0.4, 0.5) is 0 Å². The largest absolute Gasteiger partial charge is 1.00 e. The minimum atomic E-state index is 0. The number of rotatable bonds is 1. The van der Waals surface area contributed by atoms with Crippen molar-refractivity contribution in [2.24, 2.45) is 0 Å². The number of hydrogen-bond donors (Lipinski definition) is 0. The van der Waals surface area contributed by atoms with Crippen molar-refractivity contribution in [1.29, 1.82) is 0 Å². The molecular weight excluding hydrogens is 284 g/mol. The molecule has 0 bridgehead atoms. The molecule has 2 heteroatoms. The van der Waals surface area contributed by atoms with Crippen LogP contribution in [-0.4, -0.2) is 0 Å². The summed E-state index contributed by atoms with van der Waals surface area (Å²) in [6.07, 6.45) is 0. The molecule has 4 rings (SSSR count). The van der Waals surface area contributed by atoms with Gasteiger partial charge in [0.05, 0.1) is 5.39 Å². The highest BCUT2D eigenvalue weighted by molar-refractivity contribution is 7.25. The van der Waals surface area contributed by atoms with Gasteiger partial charge in [-0.3, -0.25) is 0 Å². The van der Waals surface area contributed by atoms with Gasteiger partial charge in [-0.1, -0.05) is 54.6 Å². The fourth-order valence-electron chi connectivity index (χ4n) is 2.69. The molecule has 0 aliphatic carbocycles. The summed E-state index contributed by atoms with van der Waals surface area (Å²) in [5.74, 6) is 0. The highest BCUT2D eigenvalue weighted by Gasteiger charge is 2.15. The summed E-state index contributed by atoms with van der Waals surface area (Å²) in [7, 11) is 0. The summed E-state index contributed by atoms with van der Waals surface area (Å²) in [5.41, 5.74) is 2.64. The first-order valence-electron chi connectivity index (χ1n) is 6.43. The van der Waals surface area contributed by atoms with Crippen LogP contribution in [0.3, 0.4) is 0 Å². The second-order valence-electron chi connectivity index (χ2n) is 4.69. The molecule has 0 saturated carbocycles. The monoisotopic (exact) mass is 296 g/mol. The lowest BCUT2D eigenvalue weighted by Gasteiger charge is -2.02. The lowest BCUT2D eigenvalue weighted by atomic mass is 10.00. The molecule has 98 valence electrons. The van der Waals surface area contributed by atoms with Gasteiger partial charge in [0.2, 0.25) is 0 Å². The third kappa shape index (κ3) is 2.00. The Hall–Kier alpha value is -1.83. The van der Waals surface area contributed by atoms with E-state index in [2.05, 4.69) is 72.8 Å². The number of thiophene rings is 1. The molecule has 20 heavy (non-hydrogen) atoms. The van der Waals surface area contributed by atoms with Crippen LogP contribution >= 0.6 is 11.3 Å². The summed E-state index contributed by atoms with van der Waals surface area (Å²) < 4.78 is 2.84. The molecule has 0 N–H and O–H groups in total. The Labute approximate surface area is 128 Å². The van der Waals surface area contributed by atoms with Crippen LogP contribution < -0.4 is 12.4 Å². The van der Waals surface area contributed by atoms with E-state index in [1.165, 1.54) is 42.6 Å². The van der Waals surface area contributed by atoms with E-state index in [0.717, 1.165) is 0 Å². The van der Waals surface area contributed by atoms with Crippen molar-refractivity contribution >= 4 is 31.5 Å². The fourth-order valence-corrected chi connectivity index (χ4v) is 3.93. The second kappa shape index (κ2) is 5.28. The summed E-state index contributed by atoms with van der Waals surface area (Å²) >= 11 is 1.33. The summed E-state index contributed by atoms with van der Waals surface area (Å²) in [6, 6.07) is 26.0. The average Bonchev–Trinajstić information content (AvgIpc) is 2.86. The molecule has 0 fully saturated rings. The molecule has 0 aliphatic rings. The SMILES string of the molecule is [Cl-].c1ccc(-c2cccc3[sH+]c4ccccc4c23)cc1. The van der Waals surface area contributed by atoms with E-state index in [4.69, 9.17) is 0 Å². The van der Waals surface area contributed by atoms with Crippen LogP contribution in [0.2, 0.25) is 0 Å². The van der Waals surface area contributed by atoms with E-state index in [-0.39, 0.29) is 12.4 Å². The van der Waals surface area contributed by atoms with E-state index in [0.29, 0.717) is 0 Å². The predicted octanol–water partition coefficient (Wildman–Crippen LogP) is 2.46. The van der Waals surface area contributed by atoms with Gasteiger partial charge in [-0.2, -0.15) is 0 Å². The first-order chi connectivity index (χ1) is 9.43. The van der Waals surface area contributed by atoms with Crippen molar-refractivity contribution in [3.8, 4) is 11.1 Å². The third-order valence-electron chi connectivity index (χ3n) is 3.54. The normalized spacial score (nSPS) is 10.6. The maximum absolute atomic E-state index is 2.24. The van der Waals surface area contributed by atoms with Gasteiger partial charge in [0, 0.05) is 5.39 Å². The quantitative estimate of drug-likeness (QED) is 0.473. The molecule has 0 aliphatic heterocycles. The van der Waals surface area contributed by atoms with Gasteiger partial charge in [0.25, 0.3) is 0 Å². The average molecular weight is 297 g/mol. The van der Waals surface area contributed by atoms with Gasteiger partial charge in [-0.05, 0) is 40.7 Å². The lowest BCUT2D eigenvalue weighted by molar-refractivity contribution is -0.00000343. The molecule has 4 aromatic rings. The van der Waals surface area contributed by atoms with Crippen molar-refractivity contribution in [2.45, 2.75) is 0 Å². The highest BCUT2D eigenvalue weighted by Crippen LogP contribution is 2.39. The molecule has 0 nitrogen and oxygen atoms in total. The molecule has 0 spiro atoms. The van der Waals surface area contributed by atoms with Crippen molar-refractivity contribution in [2.75, 3.05) is 0 Å². The topological polar surface area (TPSA) is 0 Å². The Morgan fingerprint density at radius 2 is 1.30 bits per heavy atom.